The molecule has 150 valence electrons. The average molecular weight is 394 g/mol. The van der Waals surface area contributed by atoms with Crippen molar-refractivity contribution in [2.24, 2.45) is 17.8 Å². The van der Waals surface area contributed by atoms with E-state index >= 15 is 0 Å². The lowest BCUT2D eigenvalue weighted by Gasteiger charge is -2.47. The van der Waals surface area contributed by atoms with Crippen LogP contribution in [0, 0.1) is 29.1 Å². The Morgan fingerprint density at radius 2 is 1.85 bits per heavy atom. The van der Waals surface area contributed by atoms with Crippen molar-refractivity contribution in [1.82, 2.24) is 9.80 Å². The van der Waals surface area contributed by atoms with Crippen LogP contribution >= 0.6 is 11.6 Å². The largest absolute Gasteiger partial charge is 0.329 e. The number of carbonyl (C=O) groups is 2. The molecule has 2 saturated carbocycles. The molecule has 3 fully saturated rings. The van der Waals surface area contributed by atoms with E-state index in [1.54, 1.807) is 4.90 Å². The molecule has 6 heteroatoms. The highest BCUT2D eigenvalue weighted by atomic mass is 35.5. The van der Waals surface area contributed by atoms with Gasteiger partial charge in [0.05, 0.1) is 6.07 Å². The van der Waals surface area contributed by atoms with Gasteiger partial charge in [0.15, 0.2) is 0 Å². The molecule has 3 atom stereocenters. The molecule has 3 unspecified atom stereocenters. The Hall–Kier alpha value is -1.28. The van der Waals surface area contributed by atoms with Gasteiger partial charge < -0.3 is 9.80 Å². The molecular weight excluding hydrogens is 362 g/mol. The lowest BCUT2D eigenvalue weighted by molar-refractivity contribution is -0.161. The zero-order valence-corrected chi connectivity index (χ0v) is 17.3. The number of piperazine rings is 1. The normalized spacial score (nSPS) is 35.4. The molecule has 1 aliphatic heterocycles. The van der Waals surface area contributed by atoms with Crippen LogP contribution in [0.15, 0.2) is 0 Å². The van der Waals surface area contributed by atoms with Crippen LogP contribution in [0.25, 0.3) is 0 Å². The van der Waals surface area contributed by atoms with Gasteiger partial charge in [-0.15, -0.1) is 11.6 Å². The summed E-state index contributed by atoms with van der Waals surface area (Å²) in [4.78, 5) is 30.0. The van der Waals surface area contributed by atoms with Crippen LogP contribution in [-0.2, 0) is 9.59 Å². The molecule has 27 heavy (non-hydrogen) atoms. The van der Waals surface area contributed by atoms with Crippen molar-refractivity contribution in [2.45, 2.75) is 82.7 Å². The van der Waals surface area contributed by atoms with Gasteiger partial charge in [-0.1, -0.05) is 6.42 Å². The lowest BCUT2D eigenvalue weighted by atomic mass is 9.79. The second-order valence-corrected chi connectivity index (χ2v) is 9.54. The highest BCUT2D eigenvalue weighted by molar-refractivity contribution is 6.20. The van der Waals surface area contributed by atoms with Crippen LogP contribution < -0.4 is 0 Å². The van der Waals surface area contributed by atoms with E-state index in [1.807, 2.05) is 18.7 Å². The zero-order valence-electron chi connectivity index (χ0n) is 16.6. The first kappa shape index (κ1) is 20.5. The third-order valence-electron chi connectivity index (χ3n) is 6.69. The van der Waals surface area contributed by atoms with E-state index in [1.165, 1.54) is 0 Å². The number of hydrogen-bond acceptors (Lipinski definition) is 3. The first-order chi connectivity index (χ1) is 12.9. The highest BCUT2D eigenvalue weighted by Crippen LogP contribution is 2.36. The minimum Gasteiger partial charge on any atom is -0.329 e. The molecule has 0 aromatic rings. The molecule has 0 aromatic heterocycles. The van der Waals surface area contributed by atoms with Gasteiger partial charge in [-0.25, -0.2) is 0 Å². The molecule has 0 spiro atoms. The number of amides is 2. The minimum absolute atomic E-state index is 0.0353. The van der Waals surface area contributed by atoms with Gasteiger partial charge in [0.2, 0.25) is 11.8 Å². The predicted octanol–water partition coefficient (Wildman–Crippen LogP) is 3.56. The Kier molecular flexibility index (Phi) is 6.68. The first-order valence-electron chi connectivity index (χ1n) is 10.5. The topological polar surface area (TPSA) is 64.4 Å². The fourth-order valence-electron chi connectivity index (χ4n) is 5.13. The van der Waals surface area contributed by atoms with Crippen LogP contribution in [0.4, 0.5) is 0 Å². The number of nitriles is 1. The zero-order chi connectivity index (χ0) is 19.6. The molecule has 0 radical (unpaired) electrons. The summed E-state index contributed by atoms with van der Waals surface area (Å²) >= 11 is 6.28. The van der Waals surface area contributed by atoms with E-state index in [0.717, 1.165) is 51.4 Å². The molecule has 1 heterocycles. The van der Waals surface area contributed by atoms with Crippen molar-refractivity contribution in [3.05, 3.63) is 0 Å². The quantitative estimate of drug-likeness (QED) is 0.686. The summed E-state index contributed by atoms with van der Waals surface area (Å²) in [5.41, 5.74) is 0. The highest BCUT2D eigenvalue weighted by Gasteiger charge is 2.45. The monoisotopic (exact) mass is 393 g/mol. The Bertz CT molecular complexity index is 595. The van der Waals surface area contributed by atoms with Gasteiger partial charge in [-0.05, 0) is 70.6 Å². The summed E-state index contributed by atoms with van der Waals surface area (Å²) in [5.74, 6) is 0.804. The average Bonchev–Trinajstić information content (AvgIpc) is 2.65. The second kappa shape index (κ2) is 8.82. The van der Waals surface area contributed by atoms with Crippen molar-refractivity contribution in [3.63, 3.8) is 0 Å². The number of halogens is 1. The van der Waals surface area contributed by atoms with Gasteiger partial charge in [0.1, 0.15) is 12.6 Å². The predicted molar refractivity (Wildman–Crippen MR) is 105 cm³/mol. The van der Waals surface area contributed by atoms with E-state index in [9.17, 15) is 14.9 Å². The third kappa shape index (κ3) is 4.59. The van der Waals surface area contributed by atoms with Crippen LogP contribution in [0.2, 0.25) is 0 Å². The van der Waals surface area contributed by atoms with Gasteiger partial charge in [0.25, 0.3) is 0 Å². The van der Waals surface area contributed by atoms with Gasteiger partial charge >= 0.3 is 0 Å². The molecule has 3 rings (SSSR count). The van der Waals surface area contributed by atoms with Crippen LogP contribution in [-0.4, -0.2) is 52.2 Å². The van der Waals surface area contributed by atoms with Crippen molar-refractivity contribution in [2.75, 3.05) is 13.1 Å². The molecule has 1 saturated heterocycles. The SMILES string of the molecule is CC(C)N1CC(=O)N(CC2CCCC(C#N)C2)C(C2CCC(Cl)CC2)C1=O. The van der Waals surface area contributed by atoms with Crippen LogP contribution in [0.5, 0.6) is 0 Å². The van der Waals surface area contributed by atoms with Gasteiger partial charge in [0, 0.05) is 23.9 Å². The lowest BCUT2D eigenvalue weighted by Crippen LogP contribution is -2.64. The van der Waals surface area contributed by atoms with Gasteiger partial charge in [-0.3, -0.25) is 9.59 Å². The maximum Gasteiger partial charge on any atom is 0.246 e. The van der Waals surface area contributed by atoms with Crippen LogP contribution in [0.1, 0.15) is 65.2 Å². The molecule has 0 aromatic carbocycles. The minimum atomic E-state index is -0.347. The molecule has 0 N–H and O–H groups in total. The molecular formula is C21H32ClN3O2. The van der Waals surface area contributed by atoms with Gasteiger partial charge in [-0.2, -0.15) is 5.26 Å². The number of carbonyl (C=O) groups excluding carboxylic acids is 2. The number of rotatable bonds is 4. The third-order valence-corrected chi connectivity index (χ3v) is 7.13. The van der Waals surface area contributed by atoms with Crippen molar-refractivity contribution in [1.29, 1.82) is 5.26 Å². The molecule has 5 nitrogen and oxygen atoms in total. The van der Waals surface area contributed by atoms with E-state index in [0.29, 0.717) is 12.5 Å². The summed E-state index contributed by atoms with van der Waals surface area (Å²) in [6, 6.07) is 2.09. The summed E-state index contributed by atoms with van der Waals surface area (Å²) in [5, 5.41) is 9.48. The molecule has 0 bridgehead atoms. The summed E-state index contributed by atoms with van der Waals surface area (Å²) in [7, 11) is 0. The summed E-state index contributed by atoms with van der Waals surface area (Å²) in [6.07, 6.45) is 7.55. The van der Waals surface area contributed by atoms with E-state index in [4.69, 9.17) is 11.6 Å². The number of hydrogen-bond donors (Lipinski definition) is 0. The van der Waals surface area contributed by atoms with E-state index in [-0.39, 0.29) is 47.7 Å². The van der Waals surface area contributed by atoms with Crippen molar-refractivity contribution in [3.8, 4) is 6.07 Å². The molecule has 3 aliphatic rings. The summed E-state index contributed by atoms with van der Waals surface area (Å²) in [6.45, 7) is 4.77. The Morgan fingerprint density at radius 1 is 1.15 bits per heavy atom. The first-order valence-corrected chi connectivity index (χ1v) is 11.0. The standard InChI is InChI=1S/C21H32ClN3O2/c1-14(2)24-13-19(26)25(12-16-5-3-4-15(10-16)11-23)20(21(24)27)17-6-8-18(22)9-7-17/h14-18,20H,3-10,12-13H2,1-2H3. The number of alkyl halides is 1. The Morgan fingerprint density at radius 3 is 2.48 bits per heavy atom. The van der Waals surface area contributed by atoms with E-state index < -0.39 is 0 Å². The summed E-state index contributed by atoms with van der Waals surface area (Å²) < 4.78 is 0. The van der Waals surface area contributed by atoms with Crippen molar-refractivity contribution >= 4 is 23.4 Å². The Balaban J connectivity index is 1.79. The maximum absolute atomic E-state index is 13.3. The fraction of sp³-hybridized carbons (Fsp3) is 0.857. The molecule has 2 aliphatic carbocycles. The number of nitrogens with zero attached hydrogens (tertiary/aromatic N) is 3. The van der Waals surface area contributed by atoms with Crippen molar-refractivity contribution < 1.29 is 9.59 Å². The smallest absolute Gasteiger partial charge is 0.246 e. The van der Waals surface area contributed by atoms with E-state index in [2.05, 4.69) is 6.07 Å². The second-order valence-electron chi connectivity index (χ2n) is 8.92. The molecule has 2 amide bonds. The fourth-order valence-corrected chi connectivity index (χ4v) is 5.38. The van der Waals surface area contributed by atoms with Crippen LogP contribution in [0.3, 0.4) is 0 Å². The Labute approximate surface area is 168 Å². The maximum atomic E-state index is 13.3.